The van der Waals surface area contributed by atoms with Crippen LogP contribution in [0.5, 0.6) is 11.5 Å². The van der Waals surface area contributed by atoms with Crippen LogP contribution < -0.4 is 14.8 Å². The summed E-state index contributed by atoms with van der Waals surface area (Å²) in [5.41, 5.74) is 2.55. The fraction of sp³-hybridized carbons (Fsp3) is 0.167. The molecule has 166 valence electrons. The van der Waals surface area contributed by atoms with E-state index in [2.05, 4.69) is 5.32 Å². The Kier molecular flexibility index (Phi) is 7.62. The van der Waals surface area contributed by atoms with Crippen molar-refractivity contribution in [1.29, 1.82) is 0 Å². The van der Waals surface area contributed by atoms with E-state index in [-0.39, 0.29) is 22.0 Å². The molecule has 0 aliphatic heterocycles. The van der Waals surface area contributed by atoms with E-state index in [0.717, 1.165) is 16.7 Å². The van der Waals surface area contributed by atoms with Gasteiger partial charge < -0.3 is 19.9 Å². The second-order valence-electron chi connectivity index (χ2n) is 6.93. The highest BCUT2D eigenvalue weighted by atomic mass is 35.5. The third-order valence-electron chi connectivity index (χ3n) is 4.91. The average Bonchev–Trinajstić information content (AvgIpc) is 2.78. The summed E-state index contributed by atoms with van der Waals surface area (Å²) in [5, 5.41) is 12.4. The van der Waals surface area contributed by atoms with Gasteiger partial charge in [-0.05, 0) is 35.4 Å². The van der Waals surface area contributed by atoms with Crippen LogP contribution >= 0.6 is 23.2 Å². The molecule has 1 atom stereocenters. The van der Waals surface area contributed by atoms with Gasteiger partial charge in [-0.1, -0.05) is 53.5 Å². The molecule has 0 saturated heterocycles. The zero-order chi connectivity index (χ0) is 23.3. The van der Waals surface area contributed by atoms with Crippen LogP contribution in [0.15, 0.2) is 60.7 Å². The number of amides is 1. The molecule has 1 amide bonds. The van der Waals surface area contributed by atoms with Crippen molar-refractivity contribution in [1.82, 2.24) is 5.32 Å². The van der Waals surface area contributed by atoms with Crippen molar-refractivity contribution >= 4 is 35.1 Å². The molecule has 2 N–H and O–H groups in total. The number of nitrogens with one attached hydrogen (secondary N) is 1. The van der Waals surface area contributed by atoms with E-state index in [9.17, 15) is 14.7 Å². The summed E-state index contributed by atoms with van der Waals surface area (Å²) in [4.78, 5) is 24.3. The lowest BCUT2D eigenvalue weighted by molar-refractivity contribution is -0.139. The van der Waals surface area contributed by atoms with Gasteiger partial charge in [0.2, 0.25) is 0 Å². The van der Waals surface area contributed by atoms with Gasteiger partial charge in [-0.15, -0.1) is 0 Å². The maximum absolute atomic E-state index is 12.6. The number of carbonyl (C=O) groups excluding carboxylic acids is 1. The summed E-state index contributed by atoms with van der Waals surface area (Å²) in [5.74, 6) is -0.472. The molecule has 3 aromatic carbocycles. The maximum atomic E-state index is 12.6. The Morgan fingerprint density at radius 1 is 0.969 bits per heavy atom. The van der Waals surface area contributed by atoms with Gasteiger partial charge in [0.25, 0.3) is 5.91 Å². The number of rotatable bonds is 8. The largest absolute Gasteiger partial charge is 0.497 e. The van der Waals surface area contributed by atoms with Crippen LogP contribution in [0.25, 0.3) is 11.1 Å². The number of hydrogen-bond acceptors (Lipinski definition) is 4. The van der Waals surface area contributed by atoms with Crippen molar-refractivity contribution in [2.45, 2.75) is 12.5 Å². The second kappa shape index (κ2) is 10.4. The van der Waals surface area contributed by atoms with Crippen molar-refractivity contribution in [3.8, 4) is 22.6 Å². The molecule has 0 unspecified atom stereocenters. The topological polar surface area (TPSA) is 84.9 Å². The lowest BCUT2D eigenvalue weighted by atomic mass is 9.99. The number of carbonyl (C=O) groups is 2. The Bertz CT molecular complexity index is 1110. The number of carboxylic acids is 1. The average molecular weight is 474 g/mol. The molecule has 0 heterocycles. The second-order valence-corrected chi connectivity index (χ2v) is 7.74. The standard InChI is InChI=1S/C24H21Cl2NO5/c1-31-16-10-11-17(21(13-16)32-2)15-8-6-14(7-9-15)12-20(24(29)30)27-23(28)22-18(25)4-3-5-19(22)26/h3-11,13,20H,12H2,1-2H3,(H,27,28)(H,29,30)/t20-/m0/s1. The fourth-order valence-electron chi connectivity index (χ4n) is 3.24. The number of carboxylic acid groups (broad SMARTS) is 1. The zero-order valence-corrected chi connectivity index (χ0v) is 18.9. The minimum atomic E-state index is -1.16. The number of hydrogen-bond donors (Lipinski definition) is 2. The first kappa shape index (κ1) is 23.4. The van der Waals surface area contributed by atoms with Gasteiger partial charge in [-0.2, -0.15) is 0 Å². The van der Waals surface area contributed by atoms with Gasteiger partial charge in [0.1, 0.15) is 17.5 Å². The number of ether oxygens (including phenoxy) is 2. The molecular formula is C24H21Cl2NO5. The van der Waals surface area contributed by atoms with Gasteiger partial charge in [-0.3, -0.25) is 4.79 Å². The SMILES string of the molecule is COc1ccc(-c2ccc(C[C@H](NC(=O)c3c(Cl)cccc3Cl)C(=O)O)cc2)c(OC)c1. The summed E-state index contributed by atoms with van der Waals surface area (Å²) >= 11 is 12.1. The fourth-order valence-corrected chi connectivity index (χ4v) is 3.81. The maximum Gasteiger partial charge on any atom is 0.326 e. The minimum absolute atomic E-state index is 0.0454. The summed E-state index contributed by atoms with van der Waals surface area (Å²) in [7, 11) is 3.17. The molecule has 0 aromatic heterocycles. The summed E-state index contributed by atoms with van der Waals surface area (Å²) in [6.45, 7) is 0. The van der Waals surface area contributed by atoms with Crippen LogP contribution in [0.2, 0.25) is 10.0 Å². The predicted molar refractivity (Wildman–Crippen MR) is 124 cm³/mol. The van der Waals surface area contributed by atoms with Crippen LogP contribution in [-0.2, 0) is 11.2 Å². The van der Waals surface area contributed by atoms with Crippen LogP contribution in [0.1, 0.15) is 15.9 Å². The normalized spacial score (nSPS) is 11.5. The van der Waals surface area contributed by atoms with E-state index in [1.54, 1.807) is 26.4 Å². The Labute approximate surface area is 195 Å². The van der Waals surface area contributed by atoms with E-state index in [0.29, 0.717) is 11.5 Å². The molecule has 32 heavy (non-hydrogen) atoms. The molecule has 0 saturated carbocycles. The van der Waals surface area contributed by atoms with Crippen molar-refractivity contribution in [2.75, 3.05) is 14.2 Å². The Morgan fingerprint density at radius 3 is 2.19 bits per heavy atom. The molecule has 0 spiro atoms. The van der Waals surface area contributed by atoms with E-state index in [1.807, 2.05) is 36.4 Å². The van der Waals surface area contributed by atoms with E-state index >= 15 is 0 Å². The Morgan fingerprint density at radius 2 is 1.62 bits per heavy atom. The molecule has 8 heteroatoms. The first-order valence-corrected chi connectivity index (χ1v) is 10.4. The lowest BCUT2D eigenvalue weighted by Crippen LogP contribution is -2.42. The molecular weight excluding hydrogens is 453 g/mol. The highest BCUT2D eigenvalue weighted by molar-refractivity contribution is 6.39. The number of benzene rings is 3. The molecule has 0 aliphatic rings. The minimum Gasteiger partial charge on any atom is -0.497 e. The lowest BCUT2D eigenvalue weighted by Gasteiger charge is -2.16. The predicted octanol–water partition coefficient (Wildman–Crippen LogP) is 5.10. The molecule has 0 aliphatic carbocycles. The van der Waals surface area contributed by atoms with E-state index in [1.165, 1.54) is 12.1 Å². The van der Waals surface area contributed by atoms with Crippen LogP contribution in [0.3, 0.4) is 0 Å². The number of halogens is 2. The quantitative estimate of drug-likeness (QED) is 0.475. The molecule has 3 rings (SSSR count). The first-order chi connectivity index (χ1) is 15.3. The Hall–Kier alpha value is -3.22. The molecule has 0 bridgehead atoms. The molecule has 0 fully saturated rings. The monoisotopic (exact) mass is 473 g/mol. The van der Waals surface area contributed by atoms with Gasteiger partial charge in [0.15, 0.2) is 0 Å². The third-order valence-corrected chi connectivity index (χ3v) is 5.54. The van der Waals surface area contributed by atoms with Crippen molar-refractivity contribution in [2.24, 2.45) is 0 Å². The third kappa shape index (κ3) is 5.33. The van der Waals surface area contributed by atoms with Gasteiger partial charge in [-0.25, -0.2) is 4.79 Å². The smallest absolute Gasteiger partial charge is 0.326 e. The van der Waals surface area contributed by atoms with Gasteiger partial charge in [0, 0.05) is 18.1 Å². The van der Waals surface area contributed by atoms with Crippen molar-refractivity contribution in [3.05, 3.63) is 81.8 Å². The van der Waals surface area contributed by atoms with E-state index in [4.69, 9.17) is 32.7 Å². The van der Waals surface area contributed by atoms with Crippen LogP contribution in [0.4, 0.5) is 0 Å². The highest BCUT2D eigenvalue weighted by Gasteiger charge is 2.24. The number of methoxy groups -OCH3 is 2. The summed E-state index contributed by atoms with van der Waals surface area (Å²) in [6.07, 6.45) is 0.0865. The van der Waals surface area contributed by atoms with Crippen LogP contribution in [0, 0.1) is 0 Å². The van der Waals surface area contributed by atoms with Crippen LogP contribution in [-0.4, -0.2) is 37.2 Å². The molecule has 3 aromatic rings. The van der Waals surface area contributed by atoms with Crippen molar-refractivity contribution in [3.63, 3.8) is 0 Å². The first-order valence-electron chi connectivity index (χ1n) is 9.63. The van der Waals surface area contributed by atoms with Gasteiger partial charge >= 0.3 is 5.97 Å². The zero-order valence-electron chi connectivity index (χ0n) is 17.4. The molecule has 0 radical (unpaired) electrons. The van der Waals surface area contributed by atoms with E-state index < -0.39 is 17.9 Å². The summed E-state index contributed by atoms with van der Waals surface area (Å²) < 4.78 is 10.7. The van der Waals surface area contributed by atoms with Crippen molar-refractivity contribution < 1.29 is 24.2 Å². The highest BCUT2D eigenvalue weighted by Crippen LogP contribution is 2.33. The van der Waals surface area contributed by atoms with Gasteiger partial charge in [0.05, 0.1) is 29.8 Å². The molecule has 6 nitrogen and oxygen atoms in total. The summed E-state index contributed by atoms with van der Waals surface area (Å²) in [6, 6.07) is 16.4. The Balaban J connectivity index is 1.78. The number of aliphatic carboxylic acids is 1.